The molecule has 0 aliphatic rings. The minimum Gasteiger partial charge on any atom is -0.492 e. The van der Waals surface area contributed by atoms with Crippen LogP contribution >= 0.6 is 10.7 Å². The van der Waals surface area contributed by atoms with Gasteiger partial charge in [-0.2, -0.15) is 0 Å². The molecule has 0 atom stereocenters. The van der Waals surface area contributed by atoms with Crippen molar-refractivity contribution in [2.75, 3.05) is 6.61 Å². The minimum absolute atomic E-state index is 0.0959. The van der Waals surface area contributed by atoms with Gasteiger partial charge in [0.1, 0.15) is 5.75 Å². The Hall–Kier alpha value is -1.18. The third-order valence-electron chi connectivity index (χ3n) is 2.55. The zero-order valence-electron chi connectivity index (χ0n) is 11.2. The molecule has 104 valence electrons. The smallest absolute Gasteiger partial charge is 0.261 e. The van der Waals surface area contributed by atoms with E-state index in [-0.39, 0.29) is 10.8 Å². The average molecular weight is 301 g/mol. The summed E-state index contributed by atoms with van der Waals surface area (Å²) in [5.41, 5.74) is 0.825. The van der Waals surface area contributed by atoms with Crippen LogP contribution in [-0.2, 0) is 9.05 Å². The Morgan fingerprint density at radius 1 is 1.37 bits per heavy atom. The average Bonchev–Trinajstić information content (AvgIpc) is 2.33. The molecule has 0 unspecified atom stereocenters. The van der Waals surface area contributed by atoms with Gasteiger partial charge in [-0.05, 0) is 36.6 Å². The number of rotatable bonds is 5. The van der Waals surface area contributed by atoms with Crippen LogP contribution in [-0.4, -0.2) is 15.0 Å². The standard InChI is InChI=1S/C14H17ClO3S/c1-4-5-6-9-18-14-8-7-12(19(15,16)17)10-13(14)11(2)3/h7-8,10-11H,6,9H2,1-3H3. The molecule has 19 heavy (non-hydrogen) atoms. The first-order valence-electron chi connectivity index (χ1n) is 5.97. The molecule has 0 N–H and O–H groups in total. The maximum atomic E-state index is 11.3. The lowest BCUT2D eigenvalue weighted by Gasteiger charge is -2.14. The van der Waals surface area contributed by atoms with Crippen LogP contribution in [0.25, 0.3) is 0 Å². The number of benzene rings is 1. The highest BCUT2D eigenvalue weighted by Crippen LogP contribution is 2.30. The predicted octanol–water partition coefficient (Wildman–Crippen LogP) is 3.53. The second-order valence-corrected chi connectivity index (χ2v) is 6.88. The molecule has 0 radical (unpaired) electrons. The van der Waals surface area contributed by atoms with Crippen LogP contribution in [0.5, 0.6) is 5.75 Å². The third-order valence-corrected chi connectivity index (χ3v) is 3.90. The second kappa shape index (κ2) is 6.83. The number of halogens is 1. The summed E-state index contributed by atoms with van der Waals surface area (Å²) in [4.78, 5) is 0.0959. The highest BCUT2D eigenvalue weighted by Gasteiger charge is 2.15. The molecule has 0 aliphatic carbocycles. The van der Waals surface area contributed by atoms with Gasteiger partial charge in [0.2, 0.25) is 0 Å². The molecule has 0 saturated heterocycles. The topological polar surface area (TPSA) is 43.4 Å². The Bertz CT molecular complexity index is 595. The quantitative estimate of drug-likeness (QED) is 0.475. The van der Waals surface area contributed by atoms with Crippen molar-refractivity contribution in [1.82, 2.24) is 0 Å². The van der Waals surface area contributed by atoms with Crippen LogP contribution in [0.4, 0.5) is 0 Å². The molecule has 0 saturated carbocycles. The predicted molar refractivity (Wildman–Crippen MR) is 77.1 cm³/mol. The Morgan fingerprint density at radius 3 is 2.58 bits per heavy atom. The fourth-order valence-corrected chi connectivity index (χ4v) is 2.38. The fraction of sp³-hybridized carbons (Fsp3) is 0.429. The van der Waals surface area contributed by atoms with Crippen LogP contribution in [0.2, 0.25) is 0 Å². The van der Waals surface area contributed by atoms with E-state index in [1.165, 1.54) is 6.07 Å². The number of ether oxygens (including phenoxy) is 1. The van der Waals surface area contributed by atoms with Crippen molar-refractivity contribution in [2.45, 2.75) is 38.0 Å². The van der Waals surface area contributed by atoms with Gasteiger partial charge in [-0.1, -0.05) is 13.8 Å². The zero-order valence-corrected chi connectivity index (χ0v) is 12.8. The van der Waals surface area contributed by atoms with Crippen LogP contribution in [0.1, 0.15) is 38.7 Å². The highest BCUT2D eigenvalue weighted by atomic mass is 35.7. The van der Waals surface area contributed by atoms with Gasteiger partial charge in [0, 0.05) is 17.1 Å². The van der Waals surface area contributed by atoms with Crippen molar-refractivity contribution in [3.8, 4) is 17.6 Å². The summed E-state index contributed by atoms with van der Waals surface area (Å²) >= 11 is 0. The largest absolute Gasteiger partial charge is 0.492 e. The lowest BCUT2D eigenvalue weighted by molar-refractivity contribution is 0.322. The summed E-state index contributed by atoms with van der Waals surface area (Å²) in [7, 11) is 1.64. The molecular formula is C14H17ClO3S. The zero-order chi connectivity index (χ0) is 14.5. The Labute approximate surface area is 119 Å². The molecule has 0 heterocycles. The highest BCUT2D eigenvalue weighted by molar-refractivity contribution is 8.13. The van der Waals surface area contributed by atoms with Crippen LogP contribution in [0.15, 0.2) is 23.1 Å². The summed E-state index contributed by atoms with van der Waals surface area (Å²) < 4.78 is 28.3. The third kappa shape index (κ3) is 4.77. The maximum Gasteiger partial charge on any atom is 0.261 e. The summed E-state index contributed by atoms with van der Waals surface area (Å²) in [5, 5.41) is 0. The van der Waals surface area contributed by atoms with Crippen LogP contribution in [0, 0.1) is 11.8 Å². The fourth-order valence-electron chi connectivity index (χ4n) is 1.60. The summed E-state index contributed by atoms with van der Waals surface area (Å²) in [6, 6.07) is 4.66. The summed E-state index contributed by atoms with van der Waals surface area (Å²) in [6.07, 6.45) is 0.642. The molecule has 0 aromatic heterocycles. The molecule has 1 aromatic rings. The van der Waals surface area contributed by atoms with E-state index in [2.05, 4.69) is 11.8 Å². The van der Waals surface area contributed by atoms with Crippen molar-refractivity contribution < 1.29 is 13.2 Å². The van der Waals surface area contributed by atoms with Gasteiger partial charge in [-0.3, -0.25) is 0 Å². The van der Waals surface area contributed by atoms with Gasteiger partial charge in [0.05, 0.1) is 11.5 Å². The normalized spacial score (nSPS) is 11.0. The second-order valence-electron chi connectivity index (χ2n) is 4.32. The van der Waals surface area contributed by atoms with Crippen LogP contribution < -0.4 is 4.74 Å². The Morgan fingerprint density at radius 2 is 2.05 bits per heavy atom. The van der Waals surface area contributed by atoms with Gasteiger partial charge >= 0.3 is 0 Å². The molecule has 1 rings (SSSR count). The van der Waals surface area contributed by atoms with E-state index in [1.807, 2.05) is 13.8 Å². The van der Waals surface area contributed by atoms with Crippen LogP contribution in [0.3, 0.4) is 0 Å². The maximum absolute atomic E-state index is 11.3. The van der Waals surface area contributed by atoms with E-state index in [1.54, 1.807) is 19.1 Å². The van der Waals surface area contributed by atoms with Gasteiger partial charge in [-0.25, -0.2) is 8.42 Å². The van der Waals surface area contributed by atoms with Gasteiger partial charge in [0.25, 0.3) is 9.05 Å². The van der Waals surface area contributed by atoms with Crippen molar-refractivity contribution in [3.05, 3.63) is 23.8 Å². The van der Waals surface area contributed by atoms with E-state index in [4.69, 9.17) is 15.4 Å². The van der Waals surface area contributed by atoms with Crippen molar-refractivity contribution >= 4 is 19.7 Å². The minimum atomic E-state index is -3.71. The lowest BCUT2D eigenvalue weighted by Crippen LogP contribution is -2.02. The SMILES string of the molecule is CC#CCCOc1ccc(S(=O)(=O)Cl)cc1C(C)C. The Kier molecular flexibility index (Phi) is 5.71. The molecule has 5 heteroatoms. The summed E-state index contributed by atoms with van der Waals surface area (Å²) in [6.45, 7) is 6.20. The first-order valence-corrected chi connectivity index (χ1v) is 8.28. The van der Waals surface area contributed by atoms with E-state index in [0.717, 1.165) is 5.56 Å². The van der Waals surface area contributed by atoms with Crippen molar-refractivity contribution in [2.24, 2.45) is 0 Å². The molecule has 0 aliphatic heterocycles. The number of hydrogen-bond donors (Lipinski definition) is 0. The molecule has 0 spiro atoms. The van der Waals surface area contributed by atoms with Gasteiger partial charge < -0.3 is 4.74 Å². The molecule has 0 fully saturated rings. The molecule has 1 aromatic carbocycles. The van der Waals surface area contributed by atoms with E-state index in [9.17, 15) is 8.42 Å². The first kappa shape index (κ1) is 15.9. The lowest BCUT2D eigenvalue weighted by atomic mass is 10.0. The molecule has 0 amide bonds. The van der Waals surface area contributed by atoms with E-state index in [0.29, 0.717) is 18.8 Å². The van der Waals surface area contributed by atoms with Gasteiger partial charge in [-0.15, -0.1) is 11.8 Å². The molecule has 0 bridgehead atoms. The first-order chi connectivity index (χ1) is 8.86. The van der Waals surface area contributed by atoms with Gasteiger partial charge in [0.15, 0.2) is 0 Å². The van der Waals surface area contributed by atoms with E-state index >= 15 is 0 Å². The molecular weight excluding hydrogens is 284 g/mol. The molecule has 3 nitrogen and oxygen atoms in total. The monoisotopic (exact) mass is 300 g/mol. The summed E-state index contributed by atoms with van der Waals surface area (Å²) in [5.74, 6) is 6.53. The van der Waals surface area contributed by atoms with Crippen molar-refractivity contribution in [3.63, 3.8) is 0 Å². The number of hydrogen-bond acceptors (Lipinski definition) is 3. The van der Waals surface area contributed by atoms with Crippen molar-refractivity contribution in [1.29, 1.82) is 0 Å². The Balaban J connectivity index is 3.01. The van der Waals surface area contributed by atoms with E-state index < -0.39 is 9.05 Å².